The Morgan fingerprint density at radius 2 is 1.83 bits per heavy atom. The Bertz CT molecular complexity index is 793. The third kappa shape index (κ3) is 3.63. The fourth-order valence-electron chi connectivity index (χ4n) is 1.99. The lowest BCUT2D eigenvalue weighted by Gasteiger charge is -2.12. The minimum atomic E-state index is -0.749. The predicted octanol–water partition coefficient (Wildman–Crippen LogP) is 4.48. The summed E-state index contributed by atoms with van der Waals surface area (Å²) in [5.74, 6) is -1.88. The zero-order valence-electron chi connectivity index (χ0n) is 12.2. The standard InChI is InChI=1S/C16H12Cl2FNO3/c1-8-9(16(22)23-2)4-3-5-14(8)20-15(21)10-6-13(19)12(18)7-11(10)17/h3-7H,1-2H3,(H,20,21). The van der Waals surface area contributed by atoms with Crippen LogP contribution in [-0.2, 0) is 4.74 Å². The van der Waals surface area contributed by atoms with Crippen molar-refractivity contribution < 1.29 is 18.7 Å². The van der Waals surface area contributed by atoms with Gasteiger partial charge in [0.1, 0.15) is 5.82 Å². The molecule has 1 N–H and O–H groups in total. The summed E-state index contributed by atoms with van der Waals surface area (Å²) >= 11 is 11.5. The summed E-state index contributed by atoms with van der Waals surface area (Å²) in [5, 5.41) is 2.45. The highest BCUT2D eigenvalue weighted by molar-refractivity contribution is 6.37. The van der Waals surface area contributed by atoms with Crippen molar-refractivity contribution in [1.82, 2.24) is 0 Å². The van der Waals surface area contributed by atoms with Gasteiger partial charge < -0.3 is 10.1 Å². The summed E-state index contributed by atoms with van der Waals surface area (Å²) in [4.78, 5) is 23.9. The highest BCUT2D eigenvalue weighted by atomic mass is 35.5. The summed E-state index contributed by atoms with van der Waals surface area (Å²) in [6, 6.07) is 6.90. The molecule has 4 nitrogen and oxygen atoms in total. The van der Waals surface area contributed by atoms with Crippen LogP contribution in [0.5, 0.6) is 0 Å². The van der Waals surface area contributed by atoms with Crippen molar-refractivity contribution >= 4 is 40.8 Å². The number of nitrogens with one attached hydrogen (secondary N) is 1. The number of hydrogen-bond donors (Lipinski definition) is 1. The molecule has 0 unspecified atom stereocenters. The highest BCUT2D eigenvalue weighted by Gasteiger charge is 2.17. The van der Waals surface area contributed by atoms with E-state index in [1.165, 1.54) is 7.11 Å². The van der Waals surface area contributed by atoms with Crippen molar-refractivity contribution in [3.8, 4) is 0 Å². The molecule has 120 valence electrons. The molecule has 0 aliphatic carbocycles. The molecular weight excluding hydrogens is 344 g/mol. The lowest BCUT2D eigenvalue weighted by molar-refractivity contribution is 0.0599. The van der Waals surface area contributed by atoms with Crippen molar-refractivity contribution in [2.24, 2.45) is 0 Å². The fourth-order valence-corrected chi connectivity index (χ4v) is 2.46. The molecule has 0 fully saturated rings. The van der Waals surface area contributed by atoms with Crippen LogP contribution in [0.1, 0.15) is 26.3 Å². The number of esters is 1. The summed E-state index contributed by atoms with van der Waals surface area (Å²) in [5.41, 5.74) is 1.18. The van der Waals surface area contributed by atoms with E-state index in [1.807, 2.05) is 0 Å². The first kappa shape index (κ1) is 17.2. The second-order valence-electron chi connectivity index (χ2n) is 4.67. The maximum atomic E-state index is 13.5. The maximum Gasteiger partial charge on any atom is 0.338 e. The van der Waals surface area contributed by atoms with E-state index in [9.17, 15) is 14.0 Å². The molecule has 2 aromatic rings. The average molecular weight is 356 g/mol. The van der Waals surface area contributed by atoms with Gasteiger partial charge in [-0.15, -0.1) is 0 Å². The first-order valence-corrected chi connectivity index (χ1v) is 7.24. The third-order valence-corrected chi connectivity index (χ3v) is 3.84. The van der Waals surface area contributed by atoms with E-state index >= 15 is 0 Å². The molecule has 0 saturated heterocycles. The van der Waals surface area contributed by atoms with Crippen LogP contribution in [0.15, 0.2) is 30.3 Å². The van der Waals surface area contributed by atoms with Gasteiger partial charge in [0.25, 0.3) is 5.91 Å². The van der Waals surface area contributed by atoms with Gasteiger partial charge in [0.2, 0.25) is 0 Å². The normalized spacial score (nSPS) is 10.3. The van der Waals surface area contributed by atoms with Gasteiger partial charge in [0, 0.05) is 5.69 Å². The number of amides is 1. The van der Waals surface area contributed by atoms with Crippen molar-refractivity contribution in [2.75, 3.05) is 12.4 Å². The van der Waals surface area contributed by atoms with Gasteiger partial charge in [-0.05, 0) is 36.8 Å². The topological polar surface area (TPSA) is 55.4 Å². The van der Waals surface area contributed by atoms with Gasteiger partial charge in [-0.25, -0.2) is 9.18 Å². The van der Waals surface area contributed by atoms with E-state index < -0.39 is 17.7 Å². The van der Waals surface area contributed by atoms with Gasteiger partial charge in [0.05, 0.1) is 28.3 Å². The maximum absolute atomic E-state index is 13.5. The van der Waals surface area contributed by atoms with Gasteiger partial charge in [-0.3, -0.25) is 4.79 Å². The van der Waals surface area contributed by atoms with Crippen LogP contribution in [0, 0.1) is 12.7 Å². The number of rotatable bonds is 3. The summed E-state index contributed by atoms with van der Waals surface area (Å²) in [6.07, 6.45) is 0. The van der Waals surface area contributed by atoms with E-state index in [0.717, 1.165) is 12.1 Å². The molecule has 0 saturated carbocycles. The second kappa shape index (κ2) is 6.98. The minimum absolute atomic E-state index is 0.0238. The van der Waals surface area contributed by atoms with Crippen LogP contribution in [0.25, 0.3) is 0 Å². The molecule has 0 heterocycles. The fraction of sp³-hybridized carbons (Fsp3) is 0.125. The number of hydrogen-bond acceptors (Lipinski definition) is 3. The molecular formula is C16H12Cl2FNO3. The smallest absolute Gasteiger partial charge is 0.338 e. The van der Waals surface area contributed by atoms with E-state index in [4.69, 9.17) is 23.2 Å². The van der Waals surface area contributed by atoms with E-state index in [2.05, 4.69) is 10.1 Å². The molecule has 0 aliphatic heterocycles. The predicted molar refractivity (Wildman–Crippen MR) is 86.9 cm³/mol. The van der Waals surface area contributed by atoms with Crippen molar-refractivity contribution in [3.05, 3.63) is 62.9 Å². The largest absolute Gasteiger partial charge is 0.465 e. The number of carbonyl (C=O) groups excluding carboxylic acids is 2. The number of anilines is 1. The van der Waals surface area contributed by atoms with Gasteiger partial charge in [-0.1, -0.05) is 29.3 Å². The van der Waals surface area contributed by atoms with Crippen LogP contribution in [0.2, 0.25) is 10.0 Å². The van der Waals surface area contributed by atoms with Crippen LogP contribution in [0.4, 0.5) is 10.1 Å². The molecule has 0 atom stereocenters. The van der Waals surface area contributed by atoms with E-state index in [1.54, 1.807) is 25.1 Å². The Labute approximate surface area is 142 Å². The Kier molecular flexibility index (Phi) is 5.23. The van der Waals surface area contributed by atoms with Crippen molar-refractivity contribution in [2.45, 2.75) is 6.92 Å². The minimum Gasteiger partial charge on any atom is -0.465 e. The zero-order chi connectivity index (χ0) is 17.1. The molecule has 0 aliphatic rings. The third-order valence-electron chi connectivity index (χ3n) is 3.24. The lowest BCUT2D eigenvalue weighted by atomic mass is 10.1. The van der Waals surface area contributed by atoms with Crippen LogP contribution in [-0.4, -0.2) is 19.0 Å². The Hall–Kier alpha value is -2.11. The van der Waals surface area contributed by atoms with Crippen LogP contribution < -0.4 is 5.32 Å². The van der Waals surface area contributed by atoms with Gasteiger partial charge >= 0.3 is 5.97 Å². The summed E-state index contributed by atoms with van der Waals surface area (Å²) in [7, 11) is 1.27. The molecule has 0 spiro atoms. The van der Waals surface area contributed by atoms with E-state index in [-0.39, 0.29) is 15.6 Å². The first-order valence-electron chi connectivity index (χ1n) is 6.49. The molecule has 2 aromatic carbocycles. The number of halogens is 3. The number of benzene rings is 2. The van der Waals surface area contributed by atoms with Crippen molar-refractivity contribution in [1.29, 1.82) is 0 Å². The molecule has 0 radical (unpaired) electrons. The molecule has 7 heteroatoms. The molecule has 1 amide bonds. The van der Waals surface area contributed by atoms with Gasteiger partial charge in [-0.2, -0.15) is 0 Å². The zero-order valence-corrected chi connectivity index (χ0v) is 13.8. The van der Waals surface area contributed by atoms with Gasteiger partial charge in [0.15, 0.2) is 0 Å². The average Bonchev–Trinajstić information content (AvgIpc) is 2.52. The molecule has 23 heavy (non-hydrogen) atoms. The number of carbonyl (C=O) groups is 2. The molecule has 2 rings (SSSR count). The summed E-state index contributed by atoms with van der Waals surface area (Å²) < 4.78 is 18.2. The van der Waals surface area contributed by atoms with Crippen LogP contribution >= 0.6 is 23.2 Å². The lowest BCUT2D eigenvalue weighted by Crippen LogP contribution is -2.15. The Morgan fingerprint density at radius 1 is 1.13 bits per heavy atom. The number of methoxy groups -OCH3 is 1. The quantitative estimate of drug-likeness (QED) is 0.652. The highest BCUT2D eigenvalue weighted by Crippen LogP contribution is 2.26. The molecule has 0 aromatic heterocycles. The second-order valence-corrected chi connectivity index (χ2v) is 5.48. The van der Waals surface area contributed by atoms with Crippen molar-refractivity contribution in [3.63, 3.8) is 0 Å². The Balaban J connectivity index is 2.35. The first-order chi connectivity index (χ1) is 10.8. The Morgan fingerprint density at radius 3 is 2.48 bits per heavy atom. The van der Waals surface area contributed by atoms with E-state index in [0.29, 0.717) is 16.8 Å². The SMILES string of the molecule is COC(=O)c1cccc(NC(=O)c2cc(F)c(Cl)cc2Cl)c1C. The monoisotopic (exact) mass is 355 g/mol. The number of ether oxygens (including phenoxy) is 1. The van der Waals surface area contributed by atoms with Crippen LogP contribution in [0.3, 0.4) is 0 Å². The summed E-state index contributed by atoms with van der Waals surface area (Å²) in [6.45, 7) is 1.66. The molecule has 0 bridgehead atoms.